The van der Waals surface area contributed by atoms with E-state index in [1.807, 2.05) is 26.0 Å². The monoisotopic (exact) mass is 418 g/mol. The Balaban J connectivity index is 0.00000242. The van der Waals surface area contributed by atoms with E-state index in [1.165, 1.54) is 11.1 Å². The van der Waals surface area contributed by atoms with Gasteiger partial charge >= 0.3 is 0 Å². The van der Waals surface area contributed by atoms with E-state index in [1.54, 1.807) is 0 Å². The summed E-state index contributed by atoms with van der Waals surface area (Å²) in [7, 11) is 5.80. The fraction of sp³-hybridized carbons (Fsp3) is 0.562. The summed E-state index contributed by atoms with van der Waals surface area (Å²) in [5, 5.41) is 3.40. The maximum atomic E-state index is 5.41. The number of rotatable bonds is 4. The third-order valence-corrected chi connectivity index (χ3v) is 3.69. The number of nitrogens with one attached hydrogen (secondary N) is 1. The standard InChI is InChI=1S/C16H26N4O.HI/c1-17-16(19(2)3)18-12-14-6-4-5-7-15(14)13-20-8-10-21-11-9-20;/h4-7H,8-13H2,1-3H3,(H,17,18);1H. The van der Waals surface area contributed by atoms with Gasteiger partial charge in [-0.1, -0.05) is 24.3 Å². The van der Waals surface area contributed by atoms with Crippen LogP contribution < -0.4 is 5.32 Å². The lowest BCUT2D eigenvalue weighted by Crippen LogP contribution is -2.37. The summed E-state index contributed by atoms with van der Waals surface area (Å²) in [4.78, 5) is 8.69. The molecule has 0 spiro atoms. The van der Waals surface area contributed by atoms with Gasteiger partial charge < -0.3 is 15.0 Å². The molecule has 0 aromatic heterocycles. The summed E-state index contributed by atoms with van der Waals surface area (Å²) in [5.41, 5.74) is 2.70. The minimum Gasteiger partial charge on any atom is -0.379 e. The molecule has 0 bridgehead atoms. The van der Waals surface area contributed by atoms with Gasteiger partial charge in [0.05, 0.1) is 13.2 Å². The molecule has 1 aromatic rings. The lowest BCUT2D eigenvalue weighted by Gasteiger charge is -2.27. The summed E-state index contributed by atoms with van der Waals surface area (Å²) < 4.78 is 5.41. The van der Waals surface area contributed by atoms with Crippen molar-refractivity contribution in [2.75, 3.05) is 47.4 Å². The van der Waals surface area contributed by atoms with Gasteiger partial charge in [-0.15, -0.1) is 24.0 Å². The van der Waals surface area contributed by atoms with Gasteiger partial charge in [-0.3, -0.25) is 9.89 Å². The van der Waals surface area contributed by atoms with Gasteiger partial charge in [-0.05, 0) is 11.1 Å². The van der Waals surface area contributed by atoms with Crippen molar-refractivity contribution in [2.24, 2.45) is 4.99 Å². The number of hydrogen-bond donors (Lipinski definition) is 1. The van der Waals surface area contributed by atoms with E-state index in [0.29, 0.717) is 0 Å². The Morgan fingerprint density at radius 1 is 1.23 bits per heavy atom. The lowest BCUT2D eigenvalue weighted by atomic mass is 10.1. The fourth-order valence-corrected chi connectivity index (χ4v) is 2.50. The second-order valence-corrected chi connectivity index (χ2v) is 5.45. The summed E-state index contributed by atoms with van der Waals surface area (Å²) in [6, 6.07) is 8.61. The Hall–Kier alpha value is -0.860. The number of ether oxygens (including phenoxy) is 1. The maximum absolute atomic E-state index is 5.41. The molecule has 0 saturated carbocycles. The predicted octanol–water partition coefficient (Wildman–Crippen LogP) is 1.77. The summed E-state index contributed by atoms with van der Waals surface area (Å²) >= 11 is 0. The van der Waals surface area contributed by atoms with E-state index in [-0.39, 0.29) is 24.0 Å². The number of guanidine groups is 1. The highest BCUT2D eigenvalue weighted by molar-refractivity contribution is 14.0. The minimum absolute atomic E-state index is 0. The highest BCUT2D eigenvalue weighted by atomic mass is 127. The number of halogens is 1. The molecule has 0 unspecified atom stereocenters. The Labute approximate surface area is 150 Å². The Bertz CT molecular complexity index is 473. The van der Waals surface area contributed by atoms with Crippen molar-refractivity contribution < 1.29 is 4.74 Å². The van der Waals surface area contributed by atoms with E-state index >= 15 is 0 Å². The van der Waals surface area contributed by atoms with Crippen molar-refractivity contribution in [3.63, 3.8) is 0 Å². The highest BCUT2D eigenvalue weighted by Gasteiger charge is 2.12. The zero-order chi connectivity index (χ0) is 15.1. The minimum atomic E-state index is 0. The summed E-state index contributed by atoms with van der Waals surface area (Å²) in [6.45, 7) is 5.50. The molecule has 6 heteroatoms. The van der Waals surface area contributed by atoms with Gasteiger partial charge in [0.2, 0.25) is 0 Å². The van der Waals surface area contributed by atoms with Gasteiger partial charge in [0.1, 0.15) is 0 Å². The Kier molecular flexibility index (Phi) is 8.74. The molecule has 2 rings (SSSR count). The van der Waals surface area contributed by atoms with E-state index in [2.05, 4.69) is 39.5 Å². The Morgan fingerprint density at radius 3 is 2.45 bits per heavy atom. The van der Waals surface area contributed by atoms with Crippen LogP contribution >= 0.6 is 24.0 Å². The van der Waals surface area contributed by atoms with Crippen molar-refractivity contribution in [1.29, 1.82) is 0 Å². The first-order chi connectivity index (χ1) is 10.2. The first-order valence-corrected chi connectivity index (χ1v) is 7.45. The van der Waals surface area contributed by atoms with E-state index in [4.69, 9.17) is 4.74 Å². The van der Waals surface area contributed by atoms with Crippen LogP contribution in [-0.2, 0) is 17.8 Å². The Morgan fingerprint density at radius 2 is 1.86 bits per heavy atom. The molecule has 124 valence electrons. The molecular weight excluding hydrogens is 391 g/mol. The quantitative estimate of drug-likeness (QED) is 0.460. The molecule has 1 aliphatic rings. The molecule has 0 atom stereocenters. The van der Waals surface area contributed by atoms with Gasteiger partial charge in [0, 0.05) is 47.3 Å². The van der Waals surface area contributed by atoms with Gasteiger partial charge in [0.15, 0.2) is 5.96 Å². The fourth-order valence-electron chi connectivity index (χ4n) is 2.50. The van der Waals surface area contributed by atoms with Crippen LogP contribution in [0.15, 0.2) is 29.3 Å². The molecule has 0 radical (unpaired) electrons. The summed E-state index contributed by atoms with van der Waals surface area (Å²) in [6.07, 6.45) is 0. The van der Waals surface area contributed by atoms with Crippen molar-refractivity contribution in [1.82, 2.24) is 15.1 Å². The summed E-state index contributed by atoms with van der Waals surface area (Å²) in [5.74, 6) is 0.899. The van der Waals surface area contributed by atoms with E-state index in [0.717, 1.165) is 45.4 Å². The maximum Gasteiger partial charge on any atom is 0.193 e. The molecule has 0 amide bonds. The van der Waals surface area contributed by atoms with Crippen LogP contribution in [0.4, 0.5) is 0 Å². The molecular formula is C16H27IN4O. The average molecular weight is 418 g/mol. The van der Waals surface area contributed by atoms with Crippen LogP contribution in [0.3, 0.4) is 0 Å². The first kappa shape index (κ1) is 19.2. The van der Waals surface area contributed by atoms with Crippen molar-refractivity contribution >= 4 is 29.9 Å². The lowest BCUT2D eigenvalue weighted by molar-refractivity contribution is 0.0341. The van der Waals surface area contributed by atoms with Crippen LogP contribution in [0.2, 0.25) is 0 Å². The topological polar surface area (TPSA) is 40.1 Å². The number of morpholine rings is 1. The largest absolute Gasteiger partial charge is 0.379 e. The smallest absolute Gasteiger partial charge is 0.193 e. The van der Waals surface area contributed by atoms with Crippen molar-refractivity contribution in [3.05, 3.63) is 35.4 Å². The number of hydrogen-bond acceptors (Lipinski definition) is 3. The predicted molar refractivity (Wildman–Crippen MR) is 102 cm³/mol. The van der Waals surface area contributed by atoms with Gasteiger partial charge in [0.25, 0.3) is 0 Å². The van der Waals surface area contributed by atoms with Gasteiger partial charge in [-0.25, -0.2) is 0 Å². The van der Waals surface area contributed by atoms with E-state index < -0.39 is 0 Å². The van der Waals surface area contributed by atoms with Crippen molar-refractivity contribution in [2.45, 2.75) is 13.1 Å². The molecule has 1 N–H and O–H groups in total. The second-order valence-electron chi connectivity index (χ2n) is 5.45. The van der Waals surface area contributed by atoms with Crippen LogP contribution in [0.5, 0.6) is 0 Å². The molecule has 1 saturated heterocycles. The zero-order valence-electron chi connectivity index (χ0n) is 13.7. The van der Waals surface area contributed by atoms with Crippen LogP contribution in [0.1, 0.15) is 11.1 Å². The third-order valence-electron chi connectivity index (χ3n) is 3.69. The molecule has 22 heavy (non-hydrogen) atoms. The molecule has 1 aromatic carbocycles. The number of benzene rings is 1. The molecule has 1 heterocycles. The molecule has 1 fully saturated rings. The first-order valence-electron chi connectivity index (χ1n) is 7.45. The average Bonchev–Trinajstić information content (AvgIpc) is 2.50. The number of aliphatic imine (C=N–C) groups is 1. The number of nitrogens with zero attached hydrogens (tertiary/aromatic N) is 3. The highest BCUT2D eigenvalue weighted by Crippen LogP contribution is 2.13. The van der Waals surface area contributed by atoms with Gasteiger partial charge in [-0.2, -0.15) is 0 Å². The van der Waals surface area contributed by atoms with E-state index in [9.17, 15) is 0 Å². The molecule has 0 aliphatic carbocycles. The van der Waals surface area contributed by atoms with Crippen LogP contribution in [0.25, 0.3) is 0 Å². The van der Waals surface area contributed by atoms with Crippen LogP contribution in [-0.4, -0.2) is 63.2 Å². The molecule has 5 nitrogen and oxygen atoms in total. The molecule has 1 aliphatic heterocycles. The van der Waals surface area contributed by atoms with Crippen LogP contribution in [0, 0.1) is 0 Å². The normalized spacial score (nSPS) is 16.0. The SMILES string of the molecule is CN=C(NCc1ccccc1CN1CCOCC1)N(C)C.I. The zero-order valence-corrected chi connectivity index (χ0v) is 16.0. The second kappa shape index (κ2) is 10.0. The third kappa shape index (κ3) is 5.73. The van der Waals surface area contributed by atoms with Crippen molar-refractivity contribution in [3.8, 4) is 0 Å².